The zero-order valence-corrected chi connectivity index (χ0v) is 8.99. The average Bonchev–Trinajstić information content (AvgIpc) is 2.20. The molecule has 0 saturated heterocycles. The van der Waals surface area contributed by atoms with E-state index in [1.165, 1.54) is 0 Å². The van der Waals surface area contributed by atoms with Crippen LogP contribution in [-0.4, -0.2) is 16.9 Å². The number of nitrogens with two attached hydrogens (primary N) is 1. The molecule has 0 aromatic heterocycles. The lowest BCUT2D eigenvalue weighted by molar-refractivity contribution is -0.385. The number of nitro benzene ring substituents is 1. The highest BCUT2D eigenvalue weighted by atomic mass is 19.3. The second-order valence-electron chi connectivity index (χ2n) is 4.02. The van der Waals surface area contributed by atoms with Gasteiger partial charge in [-0.2, -0.15) is 0 Å². The van der Waals surface area contributed by atoms with E-state index in [1.54, 1.807) is 0 Å². The zero-order valence-electron chi connectivity index (χ0n) is 8.99. The first-order valence-electron chi connectivity index (χ1n) is 4.74. The summed E-state index contributed by atoms with van der Waals surface area (Å²) in [4.78, 5) is 9.59. The van der Waals surface area contributed by atoms with Crippen molar-refractivity contribution in [2.24, 2.45) is 5.73 Å². The largest absolute Gasteiger partial charge is 0.320 e. The summed E-state index contributed by atoms with van der Waals surface area (Å²) in [6.07, 6.45) is -3.20. The maximum atomic E-state index is 13.4. The molecular formula is C10H11F3N2O2. The Labute approximate surface area is 95.4 Å². The van der Waals surface area contributed by atoms with Gasteiger partial charge in [-0.15, -0.1) is 0 Å². The summed E-state index contributed by atoms with van der Waals surface area (Å²) in [5, 5.41) is 10.4. The fourth-order valence-electron chi connectivity index (χ4n) is 1.28. The molecule has 0 aliphatic rings. The fourth-order valence-corrected chi connectivity index (χ4v) is 1.28. The predicted octanol–water partition coefficient (Wildman–Crippen LogP) is 2.26. The molecule has 4 nitrogen and oxygen atoms in total. The van der Waals surface area contributed by atoms with Crippen molar-refractivity contribution in [2.75, 3.05) is 0 Å². The Bertz CT molecular complexity index is 436. The maximum Gasteiger partial charge on any atom is 0.272 e. The molecule has 0 fully saturated rings. The first-order chi connectivity index (χ1) is 7.74. The zero-order chi connectivity index (χ0) is 13.2. The molecule has 94 valence electrons. The standard InChI is InChI=1S/C10H11F3N2O2/c1-10(14,9(12)13)5-6-2-3-7(15(16)17)4-8(6)11/h2-4,9H,5,14H2,1H3. The minimum absolute atomic E-state index is 0.0686. The smallest absolute Gasteiger partial charge is 0.272 e. The molecule has 1 aromatic carbocycles. The highest BCUT2D eigenvalue weighted by molar-refractivity contribution is 5.35. The second-order valence-corrected chi connectivity index (χ2v) is 4.02. The van der Waals surface area contributed by atoms with Crippen molar-refractivity contribution in [3.05, 3.63) is 39.7 Å². The molecule has 1 unspecified atom stereocenters. The van der Waals surface area contributed by atoms with Gasteiger partial charge in [0.25, 0.3) is 12.1 Å². The van der Waals surface area contributed by atoms with Crippen LogP contribution in [0.1, 0.15) is 12.5 Å². The van der Waals surface area contributed by atoms with Crippen LogP contribution in [0, 0.1) is 15.9 Å². The first kappa shape index (κ1) is 13.4. The number of non-ortho nitro benzene ring substituents is 1. The summed E-state index contributed by atoms with van der Waals surface area (Å²) in [5.41, 5.74) is 2.95. The predicted molar refractivity (Wildman–Crippen MR) is 55.4 cm³/mol. The van der Waals surface area contributed by atoms with Crippen LogP contribution in [-0.2, 0) is 6.42 Å². The monoisotopic (exact) mass is 248 g/mol. The topological polar surface area (TPSA) is 69.2 Å². The third-order valence-electron chi connectivity index (χ3n) is 2.32. The first-order valence-corrected chi connectivity index (χ1v) is 4.74. The van der Waals surface area contributed by atoms with Crippen molar-refractivity contribution >= 4 is 5.69 Å². The van der Waals surface area contributed by atoms with Gasteiger partial charge in [-0.05, 0) is 25.0 Å². The Balaban J connectivity index is 2.98. The molecule has 0 saturated carbocycles. The molecule has 17 heavy (non-hydrogen) atoms. The highest BCUT2D eigenvalue weighted by Gasteiger charge is 2.31. The minimum Gasteiger partial charge on any atom is -0.320 e. The van der Waals surface area contributed by atoms with E-state index in [4.69, 9.17) is 5.73 Å². The average molecular weight is 248 g/mol. The van der Waals surface area contributed by atoms with Gasteiger partial charge >= 0.3 is 0 Å². The van der Waals surface area contributed by atoms with Crippen molar-refractivity contribution in [3.8, 4) is 0 Å². The molecule has 0 amide bonds. The number of benzene rings is 1. The molecule has 1 aromatic rings. The van der Waals surface area contributed by atoms with E-state index in [0.717, 1.165) is 19.1 Å². The molecule has 0 spiro atoms. The van der Waals surface area contributed by atoms with Gasteiger partial charge < -0.3 is 5.73 Å². The summed E-state index contributed by atoms with van der Waals surface area (Å²) in [5.74, 6) is -0.906. The summed E-state index contributed by atoms with van der Waals surface area (Å²) >= 11 is 0. The summed E-state index contributed by atoms with van der Waals surface area (Å²) in [7, 11) is 0. The van der Waals surface area contributed by atoms with E-state index in [-0.39, 0.29) is 5.56 Å². The van der Waals surface area contributed by atoms with Gasteiger partial charge in [0.15, 0.2) is 0 Å². The molecule has 0 bridgehead atoms. The van der Waals surface area contributed by atoms with E-state index in [2.05, 4.69) is 0 Å². The lowest BCUT2D eigenvalue weighted by atomic mass is 9.94. The third-order valence-corrected chi connectivity index (χ3v) is 2.32. The van der Waals surface area contributed by atoms with Crippen LogP contribution in [0.25, 0.3) is 0 Å². The fraction of sp³-hybridized carbons (Fsp3) is 0.400. The Morgan fingerprint density at radius 3 is 2.53 bits per heavy atom. The van der Waals surface area contributed by atoms with E-state index in [0.29, 0.717) is 6.07 Å². The quantitative estimate of drug-likeness (QED) is 0.656. The van der Waals surface area contributed by atoms with Gasteiger partial charge in [-0.25, -0.2) is 13.2 Å². The minimum atomic E-state index is -2.81. The number of nitrogens with zero attached hydrogens (tertiary/aromatic N) is 1. The Morgan fingerprint density at radius 2 is 2.12 bits per heavy atom. The summed E-state index contributed by atoms with van der Waals surface area (Å²) < 4.78 is 38.4. The van der Waals surface area contributed by atoms with Gasteiger partial charge in [0.2, 0.25) is 0 Å². The number of nitro groups is 1. The molecule has 1 rings (SSSR count). The van der Waals surface area contributed by atoms with E-state index >= 15 is 0 Å². The number of alkyl halides is 2. The number of halogens is 3. The van der Waals surface area contributed by atoms with Crippen LogP contribution in [0.5, 0.6) is 0 Å². The van der Waals surface area contributed by atoms with Crippen molar-refractivity contribution in [1.82, 2.24) is 0 Å². The van der Waals surface area contributed by atoms with Crippen molar-refractivity contribution < 1.29 is 18.1 Å². The molecule has 1 atom stereocenters. The summed E-state index contributed by atoms with van der Waals surface area (Å²) in [6, 6.07) is 2.85. The van der Waals surface area contributed by atoms with Crippen molar-refractivity contribution in [2.45, 2.75) is 25.3 Å². The van der Waals surface area contributed by atoms with Gasteiger partial charge in [-0.1, -0.05) is 0 Å². The Kier molecular flexibility index (Phi) is 3.72. The van der Waals surface area contributed by atoms with Crippen molar-refractivity contribution in [1.29, 1.82) is 0 Å². The van der Waals surface area contributed by atoms with Crippen molar-refractivity contribution in [3.63, 3.8) is 0 Å². The lowest BCUT2D eigenvalue weighted by Gasteiger charge is -2.23. The number of hydrogen-bond donors (Lipinski definition) is 1. The van der Waals surface area contributed by atoms with E-state index < -0.39 is 34.8 Å². The second kappa shape index (κ2) is 4.70. The van der Waals surface area contributed by atoms with Crippen LogP contribution in [0.4, 0.5) is 18.9 Å². The van der Waals surface area contributed by atoms with Crippen LogP contribution in [0.3, 0.4) is 0 Å². The van der Waals surface area contributed by atoms with Crippen LogP contribution >= 0.6 is 0 Å². The molecule has 0 aliphatic carbocycles. The highest BCUT2D eigenvalue weighted by Crippen LogP contribution is 2.23. The Hall–Kier alpha value is -1.63. The summed E-state index contributed by atoms with van der Waals surface area (Å²) in [6.45, 7) is 1.10. The molecular weight excluding hydrogens is 237 g/mol. The van der Waals surface area contributed by atoms with Crippen LogP contribution in [0.2, 0.25) is 0 Å². The normalized spacial score (nSPS) is 14.7. The molecule has 0 aliphatic heterocycles. The SMILES string of the molecule is CC(N)(Cc1ccc([N+](=O)[O-])cc1F)C(F)F. The van der Waals surface area contributed by atoms with Gasteiger partial charge in [0.05, 0.1) is 16.5 Å². The number of hydrogen-bond acceptors (Lipinski definition) is 3. The third kappa shape index (κ3) is 3.16. The molecule has 0 heterocycles. The van der Waals surface area contributed by atoms with Gasteiger partial charge in [-0.3, -0.25) is 10.1 Å². The van der Waals surface area contributed by atoms with E-state index in [9.17, 15) is 23.3 Å². The van der Waals surface area contributed by atoms with Gasteiger partial charge in [0, 0.05) is 6.07 Å². The molecule has 2 N–H and O–H groups in total. The van der Waals surface area contributed by atoms with Crippen LogP contribution in [0.15, 0.2) is 18.2 Å². The van der Waals surface area contributed by atoms with Crippen LogP contribution < -0.4 is 5.73 Å². The Morgan fingerprint density at radius 1 is 1.53 bits per heavy atom. The van der Waals surface area contributed by atoms with E-state index in [1.807, 2.05) is 0 Å². The van der Waals surface area contributed by atoms with Gasteiger partial charge in [0.1, 0.15) is 5.82 Å². The number of rotatable bonds is 4. The molecule has 7 heteroatoms. The molecule has 0 radical (unpaired) electrons. The lowest BCUT2D eigenvalue weighted by Crippen LogP contribution is -2.46. The maximum absolute atomic E-state index is 13.4.